The molecule has 0 radical (unpaired) electrons. The third-order valence-corrected chi connectivity index (χ3v) is 2.25. The van der Waals surface area contributed by atoms with Crippen molar-refractivity contribution in [2.45, 2.75) is 0 Å². The van der Waals surface area contributed by atoms with Crippen LogP contribution in [0.15, 0.2) is 41.0 Å². The van der Waals surface area contributed by atoms with Gasteiger partial charge in [-0.15, -0.1) is 5.10 Å². The fourth-order valence-corrected chi connectivity index (χ4v) is 1.52. The Bertz CT molecular complexity index is 640. The topological polar surface area (TPSA) is 60.4 Å². The van der Waals surface area contributed by atoms with Crippen LogP contribution in [0.2, 0.25) is 0 Å². The number of nitrogens with zero attached hydrogens (tertiary/aromatic N) is 3. The molecule has 5 nitrogen and oxygen atoms in total. The van der Waals surface area contributed by atoms with Gasteiger partial charge in [0.05, 0.1) is 6.26 Å². The average molecular weight is 213 g/mol. The first-order chi connectivity index (χ1) is 7.88. The molecule has 0 aliphatic rings. The van der Waals surface area contributed by atoms with Crippen molar-refractivity contribution in [2.75, 3.05) is 0 Å². The minimum atomic E-state index is 0.461. The summed E-state index contributed by atoms with van der Waals surface area (Å²) in [6.07, 6.45) is 2.30. The summed E-state index contributed by atoms with van der Waals surface area (Å²) in [5.74, 6) is 1.06. The number of carbonyl (C=O) groups is 1. The Labute approximate surface area is 90.3 Å². The van der Waals surface area contributed by atoms with Gasteiger partial charge >= 0.3 is 0 Å². The summed E-state index contributed by atoms with van der Waals surface area (Å²) >= 11 is 0. The van der Waals surface area contributed by atoms with E-state index in [1.165, 1.54) is 4.52 Å². The molecule has 0 bridgehead atoms. The Kier molecular flexibility index (Phi) is 1.83. The highest BCUT2D eigenvalue weighted by atomic mass is 16.3. The highest BCUT2D eigenvalue weighted by Crippen LogP contribution is 2.16. The SMILES string of the molecule is O=Cc1cccc2nc(-c3ccco3)nn12. The maximum absolute atomic E-state index is 10.8. The van der Waals surface area contributed by atoms with Crippen molar-refractivity contribution in [3.8, 4) is 11.6 Å². The largest absolute Gasteiger partial charge is 0.461 e. The molecule has 0 saturated heterocycles. The number of aldehydes is 1. The smallest absolute Gasteiger partial charge is 0.217 e. The van der Waals surface area contributed by atoms with Gasteiger partial charge < -0.3 is 4.42 Å². The normalized spacial score (nSPS) is 10.8. The number of pyridine rings is 1. The second kappa shape index (κ2) is 3.30. The van der Waals surface area contributed by atoms with E-state index in [9.17, 15) is 4.79 Å². The lowest BCUT2D eigenvalue weighted by Crippen LogP contribution is -1.95. The zero-order valence-corrected chi connectivity index (χ0v) is 8.20. The summed E-state index contributed by atoms with van der Waals surface area (Å²) in [6.45, 7) is 0. The summed E-state index contributed by atoms with van der Waals surface area (Å²) in [4.78, 5) is 15.1. The number of fused-ring (bicyclic) bond motifs is 1. The summed E-state index contributed by atoms with van der Waals surface area (Å²) in [7, 11) is 0. The quantitative estimate of drug-likeness (QED) is 0.609. The van der Waals surface area contributed by atoms with Crippen LogP contribution in [-0.4, -0.2) is 20.9 Å². The number of carbonyl (C=O) groups excluding carboxylic acids is 1. The predicted octanol–water partition coefficient (Wildman–Crippen LogP) is 1.80. The molecule has 0 saturated carbocycles. The maximum atomic E-state index is 10.8. The number of furan rings is 1. The van der Waals surface area contributed by atoms with E-state index in [0.717, 1.165) is 6.29 Å². The summed E-state index contributed by atoms with van der Waals surface area (Å²) in [5, 5.41) is 4.21. The first-order valence-electron chi connectivity index (χ1n) is 4.73. The standard InChI is InChI=1S/C11H7N3O2/c15-7-8-3-1-5-10-12-11(13-14(8)10)9-4-2-6-16-9/h1-7H. The lowest BCUT2D eigenvalue weighted by molar-refractivity contribution is 0.111. The monoisotopic (exact) mass is 213 g/mol. The van der Waals surface area contributed by atoms with Crippen molar-refractivity contribution >= 4 is 11.9 Å². The Hall–Kier alpha value is -2.43. The van der Waals surface area contributed by atoms with Crippen LogP contribution >= 0.6 is 0 Å². The molecule has 0 atom stereocenters. The van der Waals surface area contributed by atoms with Gasteiger partial charge in [-0.05, 0) is 24.3 Å². The van der Waals surface area contributed by atoms with Crippen LogP contribution in [0.4, 0.5) is 0 Å². The molecule has 0 N–H and O–H groups in total. The number of hydrogen-bond donors (Lipinski definition) is 0. The Morgan fingerprint density at radius 2 is 2.19 bits per heavy atom. The van der Waals surface area contributed by atoms with E-state index < -0.39 is 0 Å². The Morgan fingerprint density at radius 1 is 1.25 bits per heavy atom. The average Bonchev–Trinajstić information content (AvgIpc) is 2.96. The van der Waals surface area contributed by atoms with E-state index in [2.05, 4.69) is 10.1 Å². The van der Waals surface area contributed by atoms with Gasteiger partial charge in [-0.25, -0.2) is 9.50 Å². The van der Waals surface area contributed by atoms with Gasteiger partial charge in [0.15, 0.2) is 17.7 Å². The molecule has 5 heteroatoms. The van der Waals surface area contributed by atoms with Gasteiger partial charge in [-0.3, -0.25) is 4.79 Å². The van der Waals surface area contributed by atoms with Crippen molar-refractivity contribution in [1.82, 2.24) is 14.6 Å². The van der Waals surface area contributed by atoms with Crippen LogP contribution in [0, 0.1) is 0 Å². The summed E-state index contributed by atoms with van der Waals surface area (Å²) in [5.41, 5.74) is 1.08. The van der Waals surface area contributed by atoms with Crippen LogP contribution in [0.25, 0.3) is 17.2 Å². The molecule has 3 aromatic heterocycles. The molecule has 3 aromatic rings. The molecule has 3 heterocycles. The van der Waals surface area contributed by atoms with Gasteiger partial charge in [-0.2, -0.15) is 0 Å². The van der Waals surface area contributed by atoms with Gasteiger partial charge in [0.25, 0.3) is 0 Å². The Balaban J connectivity index is 2.27. The fraction of sp³-hybridized carbons (Fsp3) is 0. The molecule has 0 amide bonds. The van der Waals surface area contributed by atoms with Crippen LogP contribution in [0.3, 0.4) is 0 Å². The molecular weight excluding hydrogens is 206 g/mol. The molecule has 3 rings (SSSR count). The summed E-state index contributed by atoms with van der Waals surface area (Å²) < 4.78 is 6.69. The predicted molar refractivity (Wildman–Crippen MR) is 56.1 cm³/mol. The second-order valence-corrected chi connectivity index (χ2v) is 3.25. The van der Waals surface area contributed by atoms with E-state index in [0.29, 0.717) is 22.9 Å². The molecule has 16 heavy (non-hydrogen) atoms. The van der Waals surface area contributed by atoms with Crippen LogP contribution in [0.1, 0.15) is 10.5 Å². The van der Waals surface area contributed by atoms with Crippen LogP contribution in [-0.2, 0) is 0 Å². The third kappa shape index (κ3) is 1.22. The number of rotatable bonds is 2. The zero-order valence-electron chi connectivity index (χ0n) is 8.20. The number of hydrogen-bond acceptors (Lipinski definition) is 4. The van der Waals surface area contributed by atoms with Gasteiger partial charge in [0, 0.05) is 0 Å². The maximum Gasteiger partial charge on any atom is 0.217 e. The van der Waals surface area contributed by atoms with Crippen LogP contribution in [0.5, 0.6) is 0 Å². The van der Waals surface area contributed by atoms with Crippen LogP contribution < -0.4 is 0 Å². The van der Waals surface area contributed by atoms with Gasteiger partial charge in [0.2, 0.25) is 5.82 Å². The molecular formula is C11H7N3O2. The fourth-order valence-electron chi connectivity index (χ4n) is 1.52. The van der Waals surface area contributed by atoms with Crippen molar-refractivity contribution in [2.24, 2.45) is 0 Å². The lowest BCUT2D eigenvalue weighted by Gasteiger charge is -1.92. The van der Waals surface area contributed by atoms with E-state index in [1.807, 2.05) is 0 Å². The van der Waals surface area contributed by atoms with Crippen molar-refractivity contribution in [1.29, 1.82) is 0 Å². The van der Waals surface area contributed by atoms with E-state index >= 15 is 0 Å². The minimum absolute atomic E-state index is 0.461. The zero-order chi connectivity index (χ0) is 11.0. The van der Waals surface area contributed by atoms with E-state index in [-0.39, 0.29) is 0 Å². The van der Waals surface area contributed by atoms with Crippen molar-refractivity contribution in [3.05, 3.63) is 42.3 Å². The molecule has 0 aliphatic heterocycles. The molecule has 0 unspecified atom stereocenters. The first kappa shape index (κ1) is 8.84. The highest BCUT2D eigenvalue weighted by molar-refractivity contribution is 5.73. The second-order valence-electron chi connectivity index (χ2n) is 3.25. The van der Waals surface area contributed by atoms with E-state index in [1.54, 1.807) is 36.6 Å². The Morgan fingerprint density at radius 3 is 2.94 bits per heavy atom. The van der Waals surface area contributed by atoms with Gasteiger partial charge in [-0.1, -0.05) is 6.07 Å². The molecule has 0 aromatic carbocycles. The summed E-state index contributed by atoms with van der Waals surface area (Å²) in [6, 6.07) is 8.77. The van der Waals surface area contributed by atoms with E-state index in [4.69, 9.17) is 4.42 Å². The lowest BCUT2D eigenvalue weighted by atomic mass is 10.4. The third-order valence-electron chi connectivity index (χ3n) is 2.25. The molecule has 0 fully saturated rings. The molecule has 0 aliphatic carbocycles. The molecule has 78 valence electrons. The van der Waals surface area contributed by atoms with Crippen molar-refractivity contribution < 1.29 is 9.21 Å². The number of aromatic nitrogens is 3. The highest BCUT2D eigenvalue weighted by Gasteiger charge is 2.10. The molecule has 0 spiro atoms. The van der Waals surface area contributed by atoms with Gasteiger partial charge in [0.1, 0.15) is 5.69 Å². The minimum Gasteiger partial charge on any atom is -0.461 e. The first-order valence-corrected chi connectivity index (χ1v) is 4.73. The van der Waals surface area contributed by atoms with Crippen molar-refractivity contribution in [3.63, 3.8) is 0 Å².